The number of hydrogen-bond acceptors (Lipinski definition) is 4. The predicted molar refractivity (Wildman–Crippen MR) is 124 cm³/mol. The highest BCUT2D eigenvalue weighted by Gasteiger charge is 2.21. The number of halogens is 3. The third-order valence-corrected chi connectivity index (χ3v) is 4.57. The van der Waals surface area contributed by atoms with Crippen LogP contribution in [0.3, 0.4) is 0 Å². The Labute approximate surface area is 191 Å². The van der Waals surface area contributed by atoms with Gasteiger partial charge in [0.25, 0.3) is 6.43 Å². The number of aliphatic imine (C=N–C) groups is 1. The topological polar surface area (TPSA) is 66.0 Å². The van der Waals surface area contributed by atoms with E-state index in [1.54, 1.807) is 7.05 Å². The van der Waals surface area contributed by atoms with Crippen LogP contribution in [0.4, 0.5) is 8.78 Å². The molecule has 0 radical (unpaired) electrons. The van der Waals surface area contributed by atoms with Crippen LogP contribution in [0.25, 0.3) is 0 Å². The van der Waals surface area contributed by atoms with E-state index in [9.17, 15) is 13.6 Å². The second-order valence-corrected chi connectivity index (χ2v) is 8.36. The summed E-state index contributed by atoms with van der Waals surface area (Å²) in [5.74, 6) is 0.635. The van der Waals surface area contributed by atoms with Crippen molar-refractivity contribution in [2.24, 2.45) is 4.99 Å². The number of hydrogen-bond donors (Lipinski definition) is 2. The van der Waals surface area contributed by atoms with Gasteiger partial charge in [0.2, 0.25) is 0 Å². The maximum atomic E-state index is 12.4. The molecule has 0 aromatic rings. The Morgan fingerprint density at radius 3 is 2.34 bits per heavy atom. The van der Waals surface area contributed by atoms with Gasteiger partial charge in [-0.1, -0.05) is 12.8 Å². The van der Waals surface area contributed by atoms with E-state index >= 15 is 0 Å². The Bertz CT molecular complexity index is 480. The van der Waals surface area contributed by atoms with Crippen molar-refractivity contribution >= 4 is 35.9 Å². The number of nitrogens with zero attached hydrogens (tertiary/aromatic N) is 2. The fraction of sp³-hybridized carbons (Fsp3) is 0.900. The van der Waals surface area contributed by atoms with Crippen molar-refractivity contribution in [3.8, 4) is 0 Å². The van der Waals surface area contributed by atoms with Gasteiger partial charge in [-0.2, -0.15) is 0 Å². The minimum absolute atomic E-state index is 0. The third-order valence-electron chi connectivity index (χ3n) is 4.57. The van der Waals surface area contributed by atoms with Gasteiger partial charge in [0, 0.05) is 39.1 Å². The minimum atomic E-state index is -2.26. The van der Waals surface area contributed by atoms with Gasteiger partial charge in [-0.3, -0.25) is 14.7 Å². The fourth-order valence-electron chi connectivity index (χ4n) is 3.19. The van der Waals surface area contributed by atoms with E-state index in [2.05, 4.69) is 15.6 Å². The van der Waals surface area contributed by atoms with Gasteiger partial charge < -0.3 is 15.4 Å². The number of guanidine groups is 1. The summed E-state index contributed by atoms with van der Waals surface area (Å²) >= 11 is 0. The number of likely N-dealkylation sites (tertiary alicyclic amines) is 1. The molecular weight excluding hydrogens is 493 g/mol. The zero-order chi connectivity index (χ0) is 21.0. The van der Waals surface area contributed by atoms with E-state index in [0.717, 1.165) is 51.0 Å². The van der Waals surface area contributed by atoms with Crippen molar-refractivity contribution in [3.05, 3.63) is 0 Å². The molecule has 1 heterocycles. The van der Waals surface area contributed by atoms with E-state index in [-0.39, 0.29) is 42.5 Å². The Morgan fingerprint density at radius 2 is 1.79 bits per heavy atom. The maximum absolute atomic E-state index is 12.4. The summed E-state index contributed by atoms with van der Waals surface area (Å²) in [4.78, 5) is 17.7. The first-order chi connectivity index (χ1) is 13.2. The van der Waals surface area contributed by atoms with Gasteiger partial charge in [0.1, 0.15) is 5.60 Å². The fourth-order valence-corrected chi connectivity index (χ4v) is 3.19. The number of piperidine rings is 1. The van der Waals surface area contributed by atoms with Gasteiger partial charge in [0.15, 0.2) is 5.96 Å². The quantitative estimate of drug-likeness (QED) is 0.147. The minimum Gasteiger partial charge on any atom is -0.460 e. The lowest BCUT2D eigenvalue weighted by Gasteiger charge is -2.32. The summed E-state index contributed by atoms with van der Waals surface area (Å²) in [7, 11) is 1.74. The molecule has 1 aliphatic rings. The number of rotatable bonds is 10. The first-order valence-electron chi connectivity index (χ1n) is 10.4. The van der Waals surface area contributed by atoms with Crippen LogP contribution in [0.1, 0.15) is 65.7 Å². The standard InChI is InChI=1S/C20H38F2N4O2.HI/c1-20(2,3)28-18(27)9-7-5-6-8-12-24-19(23-4)25-16-10-13-26(14-11-16)15-17(21)22;/h16-17H,5-15H2,1-4H3,(H2,23,24,25);1H. The molecule has 0 aromatic carbocycles. The molecule has 0 aromatic heterocycles. The van der Waals surface area contributed by atoms with Crippen molar-refractivity contribution in [1.29, 1.82) is 0 Å². The molecule has 172 valence electrons. The zero-order valence-corrected chi connectivity index (χ0v) is 20.6. The number of carbonyl (C=O) groups is 1. The highest BCUT2D eigenvalue weighted by molar-refractivity contribution is 14.0. The SMILES string of the molecule is CN=C(NCCCCCCC(=O)OC(C)(C)C)NC1CCN(CC(F)F)CC1.I. The van der Waals surface area contributed by atoms with E-state index in [4.69, 9.17) is 4.74 Å². The van der Waals surface area contributed by atoms with Gasteiger partial charge in [-0.15, -0.1) is 24.0 Å². The Balaban J connectivity index is 0.00000784. The Morgan fingerprint density at radius 1 is 1.17 bits per heavy atom. The van der Waals surface area contributed by atoms with Crippen LogP contribution in [0.15, 0.2) is 4.99 Å². The van der Waals surface area contributed by atoms with Crippen LogP contribution in [0.5, 0.6) is 0 Å². The van der Waals surface area contributed by atoms with Crippen LogP contribution in [0.2, 0.25) is 0 Å². The molecule has 29 heavy (non-hydrogen) atoms. The average molecular weight is 532 g/mol. The smallest absolute Gasteiger partial charge is 0.306 e. The van der Waals surface area contributed by atoms with Crippen molar-refractivity contribution in [3.63, 3.8) is 0 Å². The molecule has 0 saturated carbocycles. The molecule has 1 aliphatic heterocycles. The van der Waals surface area contributed by atoms with Gasteiger partial charge in [-0.05, 0) is 46.5 Å². The Hall–Kier alpha value is -0.710. The summed E-state index contributed by atoms with van der Waals surface area (Å²) in [6.07, 6.45) is 3.78. The van der Waals surface area contributed by atoms with Crippen molar-refractivity contribution in [2.45, 2.75) is 83.8 Å². The van der Waals surface area contributed by atoms with Crippen molar-refractivity contribution < 1.29 is 18.3 Å². The van der Waals surface area contributed by atoms with E-state index < -0.39 is 12.0 Å². The first kappa shape index (κ1) is 28.3. The van der Waals surface area contributed by atoms with Crippen molar-refractivity contribution in [1.82, 2.24) is 15.5 Å². The van der Waals surface area contributed by atoms with E-state index in [1.165, 1.54) is 0 Å². The van der Waals surface area contributed by atoms with Crippen LogP contribution in [0, 0.1) is 0 Å². The molecule has 6 nitrogen and oxygen atoms in total. The Kier molecular flexibility index (Phi) is 14.8. The molecule has 0 unspecified atom stereocenters. The molecule has 0 aliphatic carbocycles. The van der Waals surface area contributed by atoms with Crippen LogP contribution in [-0.2, 0) is 9.53 Å². The largest absolute Gasteiger partial charge is 0.460 e. The second kappa shape index (κ2) is 15.1. The van der Waals surface area contributed by atoms with Gasteiger partial charge in [0.05, 0.1) is 6.54 Å². The third kappa shape index (κ3) is 14.8. The highest BCUT2D eigenvalue weighted by atomic mass is 127. The molecule has 1 rings (SSSR count). The van der Waals surface area contributed by atoms with Crippen LogP contribution >= 0.6 is 24.0 Å². The predicted octanol–water partition coefficient (Wildman–Crippen LogP) is 3.79. The number of ether oxygens (including phenoxy) is 1. The molecule has 0 atom stereocenters. The molecule has 9 heteroatoms. The maximum Gasteiger partial charge on any atom is 0.306 e. The van der Waals surface area contributed by atoms with Gasteiger partial charge >= 0.3 is 5.97 Å². The molecule has 0 bridgehead atoms. The monoisotopic (exact) mass is 532 g/mol. The van der Waals surface area contributed by atoms with Crippen LogP contribution in [-0.4, -0.2) is 68.1 Å². The van der Waals surface area contributed by atoms with E-state index in [1.807, 2.05) is 25.7 Å². The zero-order valence-electron chi connectivity index (χ0n) is 18.3. The normalized spacial score (nSPS) is 16.4. The average Bonchev–Trinajstić information content (AvgIpc) is 2.59. The van der Waals surface area contributed by atoms with E-state index in [0.29, 0.717) is 19.5 Å². The summed E-state index contributed by atoms with van der Waals surface area (Å²) in [5.41, 5.74) is -0.413. The molecule has 0 spiro atoms. The lowest BCUT2D eigenvalue weighted by Crippen LogP contribution is -2.49. The number of esters is 1. The number of unbranched alkanes of at least 4 members (excludes halogenated alkanes) is 3. The molecule has 1 fully saturated rings. The molecule has 2 N–H and O–H groups in total. The molecule has 1 saturated heterocycles. The van der Waals surface area contributed by atoms with Gasteiger partial charge in [-0.25, -0.2) is 8.78 Å². The summed E-state index contributed by atoms with van der Waals surface area (Å²) in [6, 6.07) is 0.272. The number of carbonyl (C=O) groups excluding carboxylic acids is 1. The molecular formula is C20H39F2IN4O2. The molecule has 0 amide bonds. The lowest BCUT2D eigenvalue weighted by atomic mass is 10.1. The summed E-state index contributed by atoms with van der Waals surface area (Å²) in [5, 5.41) is 6.69. The number of alkyl halides is 2. The summed E-state index contributed by atoms with van der Waals surface area (Å²) in [6.45, 7) is 7.70. The highest BCUT2D eigenvalue weighted by Crippen LogP contribution is 2.12. The number of nitrogens with one attached hydrogen (secondary N) is 2. The first-order valence-corrected chi connectivity index (χ1v) is 10.4. The van der Waals surface area contributed by atoms with Crippen molar-refractivity contribution in [2.75, 3.05) is 33.2 Å². The van der Waals surface area contributed by atoms with Crippen LogP contribution < -0.4 is 10.6 Å². The summed E-state index contributed by atoms with van der Waals surface area (Å²) < 4.78 is 30.1. The lowest BCUT2D eigenvalue weighted by molar-refractivity contribution is -0.154. The second-order valence-electron chi connectivity index (χ2n) is 8.36.